The minimum atomic E-state index is -0.548. The lowest BCUT2D eigenvalue weighted by Gasteiger charge is -2.20. The highest BCUT2D eigenvalue weighted by atomic mass is 16.2. The smallest absolute Gasteiger partial charge is 0.237 e. The SMILES string of the molecule is CC[C@H](C)[C@@H](C=O)NC(=O)[C@@H](N)CCCCN. The Balaban J connectivity index is 4.08. The fourth-order valence-corrected chi connectivity index (χ4v) is 1.48. The predicted molar refractivity (Wildman–Crippen MR) is 68.3 cm³/mol. The number of nitrogens with one attached hydrogen (secondary N) is 1. The quantitative estimate of drug-likeness (QED) is 0.397. The van der Waals surface area contributed by atoms with Gasteiger partial charge in [0.1, 0.15) is 6.29 Å². The third kappa shape index (κ3) is 6.38. The van der Waals surface area contributed by atoms with Gasteiger partial charge >= 0.3 is 0 Å². The molecule has 5 nitrogen and oxygen atoms in total. The summed E-state index contributed by atoms with van der Waals surface area (Å²) in [5.74, 6) is -0.118. The molecule has 0 radical (unpaired) electrons. The van der Waals surface area contributed by atoms with Crippen molar-refractivity contribution in [3.8, 4) is 0 Å². The number of carbonyl (C=O) groups excluding carboxylic acids is 2. The van der Waals surface area contributed by atoms with Crippen molar-refractivity contribution in [1.82, 2.24) is 5.32 Å². The van der Waals surface area contributed by atoms with Gasteiger partial charge in [-0.05, 0) is 25.3 Å². The molecule has 3 atom stereocenters. The standard InChI is InChI=1S/C12H25N3O2/c1-3-9(2)11(8-16)15-12(17)10(14)6-4-5-7-13/h8-11H,3-7,13-14H2,1-2H3,(H,15,17)/t9-,10-,11+/m0/s1. The van der Waals surface area contributed by atoms with Crippen LogP contribution in [0.1, 0.15) is 39.5 Å². The highest BCUT2D eigenvalue weighted by Gasteiger charge is 2.20. The van der Waals surface area contributed by atoms with E-state index in [1.54, 1.807) is 0 Å². The largest absolute Gasteiger partial charge is 0.345 e. The summed E-state index contributed by atoms with van der Waals surface area (Å²) in [7, 11) is 0. The van der Waals surface area contributed by atoms with Crippen LogP contribution in [-0.2, 0) is 9.59 Å². The number of unbranched alkanes of at least 4 members (excludes halogenated alkanes) is 1. The Kier molecular flexibility index (Phi) is 8.62. The van der Waals surface area contributed by atoms with E-state index >= 15 is 0 Å². The molecular formula is C12H25N3O2. The maximum Gasteiger partial charge on any atom is 0.237 e. The zero-order valence-corrected chi connectivity index (χ0v) is 10.8. The van der Waals surface area contributed by atoms with Crippen LogP contribution in [0.4, 0.5) is 0 Å². The van der Waals surface area contributed by atoms with Crippen LogP contribution in [0.25, 0.3) is 0 Å². The van der Waals surface area contributed by atoms with Crippen molar-refractivity contribution < 1.29 is 9.59 Å². The predicted octanol–water partition coefficient (Wildman–Crippen LogP) is 0.173. The Morgan fingerprint density at radius 3 is 2.53 bits per heavy atom. The first-order valence-corrected chi connectivity index (χ1v) is 6.28. The van der Waals surface area contributed by atoms with Gasteiger partial charge in [-0.15, -0.1) is 0 Å². The summed E-state index contributed by atoms with van der Waals surface area (Å²) in [6.07, 6.45) is 3.92. The molecule has 100 valence electrons. The number of hydrogen-bond acceptors (Lipinski definition) is 4. The van der Waals surface area contributed by atoms with Crippen molar-refractivity contribution in [3.05, 3.63) is 0 Å². The minimum Gasteiger partial charge on any atom is -0.345 e. The molecule has 0 rings (SSSR count). The van der Waals surface area contributed by atoms with Gasteiger partial charge in [0.2, 0.25) is 5.91 Å². The number of aldehydes is 1. The van der Waals surface area contributed by atoms with Gasteiger partial charge in [0.25, 0.3) is 0 Å². The van der Waals surface area contributed by atoms with Crippen LogP contribution in [0, 0.1) is 5.92 Å². The summed E-state index contributed by atoms with van der Waals surface area (Å²) in [6.45, 7) is 4.52. The molecule has 0 aliphatic carbocycles. The van der Waals surface area contributed by atoms with Crippen LogP contribution >= 0.6 is 0 Å². The zero-order valence-electron chi connectivity index (χ0n) is 10.8. The Morgan fingerprint density at radius 2 is 2.06 bits per heavy atom. The molecule has 0 bridgehead atoms. The summed E-state index contributed by atoms with van der Waals surface area (Å²) in [6, 6.07) is -0.985. The molecule has 0 aromatic rings. The van der Waals surface area contributed by atoms with Crippen LogP contribution in [0.5, 0.6) is 0 Å². The number of carbonyl (C=O) groups is 2. The second-order valence-corrected chi connectivity index (χ2v) is 4.45. The summed E-state index contributed by atoms with van der Waals surface area (Å²) in [5, 5.41) is 2.68. The van der Waals surface area contributed by atoms with Crippen LogP contribution < -0.4 is 16.8 Å². The van der Waals surface area contributed by atoms with Gasteiger partial charge in [-0.2, -0.15) is 0 Å². The molecule has 0 aromatic carbocycles. The molecule has 0 unspecified atom stereocenters. The highest BCUT2D eigenvalue weighted by molar-refractivity contribution is 5.84. The van der Waals surface area contributed by atoms with Crippen molar-refractivity contribution >= 4 is 12.2 Å². The van der Waals surface area contributed by atoms with Gasteiger partial charge in [0.15, 0.2) is 0 Å². The second kappa shape index (κ2) is 9.13. The van der Waals surface area contributed by atoms with Crippen molar-refractivity contribution in [1.29, 1.82) is 0 Å². The second-order valence-electron chi connectivity index (χ2n) is 4.45. The number of nitrogens with two attached hydrogens (primary N) is 2. The van der Waals surface area contributed by atoms with Crippen molar-refractivity contribution in [3.63, 3.8) is 0 Å². The summed E-state index contributed by atoms with van der Waals surface area (Å²) >= 11 is 0. The number of rotatable bonds is 9. The molecule has 0 spiro atoms. The first-order valence-electron chi connectivity index (χ1n) is 6.28. The molecule has 17 heavy (non-hydrogen) atoms. The lowest BCUT2D eigenvalue weighted by Crippen LogP contribution is -2.48. The van der Waals surface area contributed by atoms with Gasteiger partial charge in [0.05, 0.1) is 12.1 Å². The molecule has 0 aliphatic rings. The molecule has 0 fully saturated rings. The topological polar surface area (TPSA) is 98.2 Å². The van der Waals surface area contributed by atoms with Gasteiger partial charge in [0, 0.05) is 0 Å². The molecular weight excluding hydrogens is 218 g/mol. The number of hydrogen-bond donors (Lipinski definition) is 3. The van der Waals surface area contributed by atoms with Gasteiger partial charge < -0.3 is 21.6 Å². The van der Waals surface area contributed by atoms with Crippen molar-refractivity contribution in [2.45, 2.75) is 51.6 Å². The van der Waals surface area contributed by atoms with E-state index in [0.717, 1.165) is 25.5 Å². The Bertz CT molecular complexity index is 234. The van der Waals surface area contributed by atoms with Crippen LogP contribution in [0.15, 0.2) is 0 Å². The molecule has 1 amide bonds. The van der Waals surface area contributed by atoms with Crippen LogP contribution in [-0.4, -0.2) is 30.8 Å². The van der Waals surface area contributed by atoms with E-state index in [1.807, 2.05) is 13.8 Å². The van der Waals surface area contributed by atoms with E-state index in [9.17, 15) is 9.59 Å². The third-order valence-electron chi connectivity index (χ3n) is 3.02. The van der Waals surface area contributed by atoms with Gasteiger partial charge in [-0.25, -0.2) is 0 Å². The average molecular weight is 243 g/mol. The molecule has 0 saturated carbocycles. The van der Waals surface area contributed by atoms with Crippen molar-refractivity contribution in [2.24, 2.45) is 17.4 Å². The van der Waals surface area contributed by atoms with E-state index < -0.39 is 12.1 Å². The van der Waals surface area contributed by atoms with E-state index in [0.29, 0.717) is 13.0 Å². The minimum absolute atomic E-state index is 0.132. The maximum atomic E-state index is 11.7. The van der Waals surface area contributed by atoms with E-state index in [1.165, 1.54) is 0 Å². The molecule has 5 N–H and O–H groups in total. The van der Waals surface area contributed by atoms with Crippen LogP contribution in [0.2, 0.25) is 0 Å². The first-order chi connectivity index (χ1) is 8.06. The van der Waals surface area contributed by atoms with Crippen molar-refractivity contribution in [2.75, 3.05) is 6.54 Å². The molecule has 5 heteroatoms. The summed E-state index contributed by atoms with van der Waals surface area (Å²) in [5.41, 5.74) is 11.1. The summed E-state index contributed by atoms with van der Waals surface area (Å²) in [4.78, 5) is 22.6. The molecule has 0 saturated heterocycles. The van der Waals surface area contributed by atoms with Gasteiger partial charge in [-0.1, -0.05) is 26.7 Å². The third-order valence-corrected chi connectivity index (χ3v) is 3.02. The highest BCUT2D eigenvalue weighted by Crippen LogP contribution is 2.06. The van der Waals surface area contributed by atoms with E-state index in [4.69, 9.17) is 11.5 Å². The Labute approximate surface area is 103 Å². The lowest BCUT2D eigenvalue weighted by molar-refractivity contribution is -0.125. The van der Waals surface area contributed by atoms with Crippen LogP contribution in [0.3, 0.4) is 0 Å². The zero-order chi connectivity index (χ0) is 13.3. The monoisotopic (exact) mass is 243 g/mol. The fourth-order valence-electron chi connectivity index (χ4n) is 1.48. The fraction of sp³-hybridized carbons (Fsp3) is 0.833. The Morgan fingerprint density at radius 1 is 1.41 bits per heavy atom. The molecule has 0 aliphatic heterocycles. The number of amides is 1. The van der Waals surface area contributed by atoms with E-state index in [-0.39, 0.29) is 11.8 Å². The molecule has 0 heterocycles. The Hall–Kier alpha value is -0.940. The molecule has 0 aromatic heterocycles. The summed E-state index contributed by atoms with van der Waals surface area (Å²) < 4.78 is 0. The maximum absolute atomic E-state index is 11.7. The first kappa shape index (κ1) is 16.1. The van der Waals surface area contributed by atoms with Gasteiger partial charge in [-0.3, -0.25) is 4.79 Å². The lowest BCUT2D eigenvalue weighted by atomic mass is 9.99. The average Bonchev–Trinajstić information content (AvgIpc) is 2.34. The normalized spacial score (nSPS) is 16.0. The van der Waals surface area contributed by atoms with E-state index in [2.05, 4.69) is 5.32 Å².